The number of pyridine rings is 1. The number of hydrogen-bond acceptors (Lipinski definition) is 5. The summed E-state index contributed by atoms with van der Waals surface area (Å²) >= 11 is 1.74. The average Bonchev–Trinajstić information content (AvgIpc) is 2.59. The van der Waals surface area contributed by atoms with Crippen molar-refractivity contribution >= 4 is 17.7 Å². The standard InChI is InChI=1S/C19H23NO3S/c1-14(2)24-19-16(5-4-12-20-19)13-23-17-9-6-15(7-10-17)8-11-18(21)22-3/h4-7,9-10,12,14H,8,11,13H2,1-3H3. The van der Waals surface area contributed by atoms with Gasteiger partial charge in [0.1, 0.15) is 17.4 Å². The minimum absolute atomic E-state index is 0.193. The molecule has 1 aromatic carbocycles. The van der Waals surface area contributed by atoms with Crippen molar-refractivity contribution in [2.24, 2.45) is 0 Å². The Balaban J connectivity index is 1.92. The number of esters is 1. The largest absolute Gasteiger partial charge is 0.489 e. The van der Waals surface area contributed by atoms with Crippen LogP contribution in [-0.4, -0.2) is 23.3 Å². The number of thioether (sulfide) groups is 1. The minimum atomic E-state index is -0.193. The van der Waals surface area contributed by atoms with Gasteiger partial charge in [-0.1, -0.05) is 32.0 Å². The van der Waals surface area contributed by atoms with Crippen molar-refractivity contribution in [2.45, 2.75) is 43.6 Å². The van der Waals surface area contributed by atoms with Gasteiger partial charge < -0.3 is 9.47 Å². The zero-order valence-corrected chi connectivity index (χ0v) is 15.1. The first-order valence-electron chi connectivity index (χ1n) is 7.97. The lowest BCUT2D eigenvalue weighted by molar-refractivity contribution is -0.140. The highest BCUT2D eigenvalue weighted by molar-refractivity contribution is 7.99. The van der Waals surface area contributed by atoms with Gasteiger partial charge >= 0.3 is 5.97 Å². The van der Waals surface area contributed by atoms with Crippen LogP contribution in [0.2, 0.25) is 0 Å². The van der Waals surface area contributed by atoms with Crippen LogP contribution in [-0.2, 0) is 22.6 Å². The first-order chi connectivity index (χ1) is 11.6. The molecule has 0 aliphatic rings. The van der Waals surface area contributed by atoms with Crippen LogP contribution in [0.5, 0.6) is 5.75 Å². The fraction of sp³-hybridized carbons (Fsp3) is 0.368. The molecular formula is C19H23NO3S. The van der Waals surface area contributed by atoms with Crippen molar-refractivity contribution in [3.8, 4) is 5.75 Å². The molecule has 128 valence electrons. The van der Waals surface area contributed by atoms with E-state index in [0.717, 1.165) is 21.9 Å². The first kappa shape index (κ1) is 18.3. The Morgan fingerprint density at radius 1 is 1.21 bits per heavy atom. The van der Waals surface area contributed by atoms with Crippen LogP contribution in [0.1, 0.15) is 31.4 Å². The lowest BCUT2D eigenvalue weighted by Gasteiger charge is -2.11. The van der Waals surface area contributed by atoms with Crippen LogP contribution in [0, 0.1) is 0 Å². The maximum atomic E-state index is 11.2. The average molecular weight is 345 g/mol. The van der Waals surface area contributed by atoms with Crippen LogP contribution >= 0.6 is 11.8 Å². The van der Waals surface area contributed by atoms with Gasteiger partial charge in [-0.05, 0) is 30.2 Å². The van der Waals surface area contributed by atoms with Gasteiger partial charge in [0.15, 0.2) is 0 Å². The summed E-state index contributed by atoms with van der Waals surface area (Å²) in [6.07, 6.45) is 2.87. The zero-order chi connectivity index (χ0) is 17.4. The van der Waals surface area contributed by atoms with Crippen LogP contribution < -0.4 is 4.74 Å². The fourth-order valence-corrected chi connectivity index (χ4v) is 2.97. The van der Waals surface area contributed by atoms with Crippen molar-refractivity contribution in [1.82, 2.24) is 4.98 Å². The number of carbonyl (C=O) groups excluding carboxylic acids is 1. The highest BCUT2D eigenvalue weighted by Gasteiger charge is 2.07. The van der Waals surface area contributed by atoms with E-state index in [4.69, 9.17) is 4.74 Å². The summed E-state index contributed by atoms with van der Waals surface area (Å²) in [4.78, 5) is 15.6. The van der Waals surface area contributed by atoms with Crippen LogP contribution in [0.15, 0.2) is 47.6 Å². The van der Waals surface area contributed by atoms with Crippen LogP contribution in [0.25, 0.3) is 0 Å². The van der Waals surface area contributed by atoms with Gasteiger partial charge in [-0.3, -0.25) is 4.79 Å². The molecule has 5 heteroatoms. The predicted octanol–water partition coefficient (Wildman–Crippen LogP) is 4.27. The molecule has 1 aromatic heterocycles. The molecule has 2 rings (SSSR count). The monoisotopic (exact) mass is 345 g/mol. The first-order valence-corrected chi connectivity index (χ1v) is 8.85. The molecule has 0 spiro atoms. The molecule has 0 aliphatic carbocycles. The maximum Gasteiger partial charge on any atom is 0.305 e. The molecule has 0 radical (unpaired) electrons. The van der Waals surface area contributed by atoms with E-state index in [-0.39, 0.29) is 5.97 Å². The highest BCUT2D eigenvalue weighted by Crippen LogP contribution is 2.25. The summed E-state index contributed by atoms with van der Waals surface area (Å²) in [5, 5.41) is 1.50. The second-order valence-electron chi connectivity index (χ2n) is 5.64. The summed E-state index contributed by atoms with van der Waals surface area (Å²) in [6, 6.07) is 11.8. The Morgan fingerprint density at radius 2 is 1.96 bits per heavy atom. The number of aryl methyl sites for hydroxylation is 1. The minimum Gasteiger partial charge on any atom is -0.489 e. The fourth-order valence-electron chi connectivity index (χ4n) is 2.13. The highest BCUT2D eigenvalue weighted by atomic mass is 32.2. The lowest BCUT2D eigenvalue weighted by Crippen LogP contribution is -2.02. The molecule has 0 atom stereocenters. The molecular weight excluding hydrogens is 322 g/mol. The Kier molecular flexibility index (Phi) is 7.12. The van der Waals surface area contributed by atoms with Gasteiger partial charge in [0.25, 0.3) is 0 Å². The number of methoxy groups -OCH3 is 1. The van der Waals surface area contributed by atoms with Crippen molar-refractivity contribution in [3.05, 3.63) is 53.7 Å². The molecule has 4 nitrogen and oxygen atoms in total. The quantitative estimate of drug-likeness (QED) is 0.528. The number of rotatable bonds is 8. The van der Waals surface area contributed by atoms with Crippen molar-refractivity contribution in [1.29, 1.82) is 0 Å². The van der Waals surface area contributed by atoms with Crippen LogP contribution in [0.4, 0.5) is 0 Å². The van der Waals surface area contributed by atoms with Gasteiger partial charge in [0, 0.05) is 23.4 Å². The third kappa shape index (κ3) is 5.89. The summed E-state index contributed by atoms with van der Waals surface area (Å²) in [5.74, 6) is 0.614. The molecule has 0 unspecified atom stereocenters. The Morgan fingerprint density at radius 3 is 2.62 bits per heavy atom. The Labute approximate surface area is 147 Å². The zero-order valence-electron chi connectivity index (χ0n) is 14.3. The molecule has 0 saturated carbocycles. The second kappa shape index (κ2) is 9.33. The van der Waals surface area contributed by atoms with E-state index in [1.165, 1.54) is 7.11 Å². The summed E-state index contributed by atoms with van der Waals surface area (Å²) < 4.78 is 10.5. The van der Waals surface area contributed by atoms with Crippen molar-refractivity contribution < 1.29 is 14.3 Å². The van der Waals surface area contributed by atoms with Gasteiger partial charge in [0.2, 0.25) is 0 Å². The number of carbonyl (C=O) groups is 1. The maximum absolute atomic E-state index is 11.2. The molecule has 0 aliphatic heterocycles. The van der Waals surface area contributed by atoms with E-state index in [9.17, 15) is 4.79 Å². The summed E-state index contributed by atoms with van der Waals surface area (Å²) in [7, 11) is 1.41. The van der Waals surface area contributed by atoms with Gasteiger partial charge in [-0.2, -0.15) is 0 Å². The summed E-state index contributed by atoms with van der Waals surface area (Å²) in [6.45, 7) is 4.79. The van der Waals surface area contributed by atoms with Crippen LogP contribution in [0.3, 0.4) is 0 Å². The smallest absolute Gasteiger partial charge is 0.305 e. The third-order valence-corrected chi connectivity index (χ3v) is 4.42. The predicted molar refractivity (Wildman–Crippen MR) is 96.3 cm³/mol. The second-order valence-corrected chi connectivity index (χ2v) is 7.21. The molecule has 0 fully saturated rings. The molecule has 2 aromatic rings. The normalized spacial score (nSPS) is 10.7. The number of aromatic nitrogens is 1. The number of nitrogens with zero attached hydrogens (tertiary/aromatic N) is 1. The van der Waals surface area contributed by atoms with Gasteiger partial charge in [0.05, 0.1) is 7.11 Å². The molecule has 0 saturated heterocycles. The SMILES string of the molecule is COC(=O)CCc1ccc(OCc2cccnc2SC(C)C)cc1. The van der Waals surface area contributed by atoms with E-state index in [2.05, 4.69) is 23.6 Å². The van der Waals surface area contributed by atoms with E-state index >= 15 is 0 Å². The molecule has 0 N–H and O–H groups in total. The summed E-state index contributed by atoms with van der Waals surface area (Å²) in [5.41, 5.74) is 2.18. The van der Waals surface area contributed by atoms with Crippen molar-refractivity contribution in [3.63, 3.8) is 0 Å². The van der Waals surface area contributed by atoms with E-state index in [0.29, 0.717) is 24.7 Å². The molecule has 0 bridgehead atoms. The molecule has 24 heavy (non-hydrogen) atoms. The third-order valence-electron chi connectivity index (χ3n) is 3.36. The number of benzene rings is 1. The topological polar surface area (TPSA) is 48.4 Å². The Bertz CT molecular complexity index is 656. The molecule has 0 amide bonds. The van der Waals surface area contributed by atoms with E-state index in [1.807, 2.05) is 42.6 Å². The lowest BCUT2D eigenvalue weighted by atomic mass is 10.1. The number of ether oxygens (including phenoxy) is 2. The number of hydrogen-bond donors (Lipinski definition) is 0. The van der Waals surface area contributed by atoms with E-state index < -0.39 is 0 Å². The van der Waals surface area contributed by atoms with Gasteiger partial charge in [-0.15, -0.1) is 11.8 Å². The van der Waals surface area contributed by atoms with Gasteiger partial charge in [-0.25, -0.2) is 4.98 Å². The Hall–Kier alpha value is -2.01. The van der Waals surface area contributed by atoms with E-state index in [1.54, 1.807) is 11.8 Å². The molecule has 1 heterocycles. The van der Waals surface area contributed by atoms with Crippen molar-refractivity contribution in [2.75, 3.05) is 7.11 Å².